The van der Waals surface area contributed by atoms with E-state index < -0.39 is 11.9 Å². The SMILES string of the molecule is CCOC(=O)C1=C(C)N(Cc2cccc(C#N)c2)C(=O)C[C@@H]1c1ccccc1Cl. The van der Waals surface area contributed by atoms with E-state index in [0.717, 1.165) is 11.1 Å². The summed E-state index contributed by atoms with van der Waals surface area (Å²) >= 11 is 6.37. The van der Waals surface area contributed by atoms with E-state index in [2.05, 4.69) is 6.07 Å². The Morgan fingerprint density at radius 1 is 1.28 bits per heavy atom. The van der Waals surface area contributed by atoms with Crippen molar-refractivity contribution in [2.45, 2.75) is 32.7 Å². The summed E-state index contributed by atoms with van der Waals surface area (Å²) in [7, 11) is 0. The molecule has 0 fully saturated rings. The number of esters is 1. The van der Waals surface area contributed by atoms with Gasteiger partial charge in [-0.05, 0) is 43.2 Å². The van der Waals surface area contributed by atoms with Crippen molar-refractivity contribution in [3.63, 3.8) is 0 Å². The summed E-state index contributed by atoms with van der Waals surface area (Å²) in [5, 5.41) is 9.63. The molecule has 0 N–H and O–H groups in total. The number of benzene rings is 2. The van der Waals surface area contributed by atoms with E-state index in [0.29, 0.717) is 21.9 Å². The molecule has 6 heteroatoms. The minimum absolute atomic E-state index is 0.108. The van der Waals surface area contributed by atoms with Crippen molar-refractivity contribution in [3.05, 3.63) is 81.5 Å². The number of halogens is 1. The van der Waals surface area contributed by atoms with E-state index in [1.165, 1.54) is 0 Å². The van der Waals surface area contributed by atoms with Crippen LogP contribution in [-0.2, 0) is 20.9 Å². The van der Waals surface area contributed by atoms with Gasteiger partial charge in [0.05, 0.1) is 30.4 Å². The highest BCUT2D eigenvalue weighted by molar-refractivity contribution is 6.31. The average molecular weight is 409 g/mol. The summed E-state index contributed by atoms with van der Waals surface area (Å²) in [4.78, 5) is 27.4. The van der Waals surface area contributed by atoms with Gasteiger partial charge in [-0.25, -0.2) is 4.79 Å². The molecule has 1 atom stereocenters. The van der Waals surface area contributed by atoms with Crippen LogP contribution in [0.3, 0.4) is 0 Å². The Morgan fingerprint density at radius 2 is 2.03 bits per heavy atom. The molecule has 3 rings (SSSR count). The highest BCUT2D eigenvalue weighted by atomic mass is 35.5. The molecular formula is C23H21ClN2O3. The predicted molar refractivity (Wildman–Crippen MR) is 110 cm³/mol. The van der Waals surface area contributed by atoms with Gasteiger partial charge in [0.2, 0.25) is 5.91 Å². The Balaban J connectivity index is 2.05. The molecule has 0 saturated heterocycles. The molecule has 0 aromatic heterocycles. The summed E-state index contributed by atoms with van der Waals surface area (Å²) in [6, 6.07) is 16.4. The lowest BCUT2D eigenvalue weighted by molar-refractivity contribution is -0.140. The highest BCUT2D eigenvalue weighted by Crippen LogP contribution is 2.40. The molecule has 1 amide bonds. The molecule has 29 heavy (non-hydrogen) atoms. The molecule has 1 aliphatic rings. The lowest BCUT2D eigenvalue weighted by atomic mass is 9.83. The van der Waals surface area contributed by atoms with E-state index in [4.69, 9.17) is 21.6 Å². The first-order valence-electron chi connectivity index (χ1n) is 9.38. The summed E-state index contributed by atoms with van der Waals surface area (Å²) < 4.78 is 5.29. The van der Waals surface area contributed by atoms with Gasteiger partial charge in [0.15, 0.2) is 0 Å². The van der Waals surface area contributed by atoms with Crippen molar-refractivity contribution >= 4 is 23.5 Å². The van der Waals surface area contributed by atoms with Crippen LogP contribution in [0.2, 0.25) is 5.02 Å². The molecule has 0 bridgehead atoms. The fraction of sp³-hybridized carbons (Fsp3) is 0.261. The second-order valence-electron chi connectivity index (χ2n) is 6.79. The summed E-state index contributed by atoms with van der Waals surface area (Å²) in [6.07, 6.45) is 0.118. The number of carbonyl (C=O) groups is 2. The van der Waals surface area contributed by atoms with Crippen LogP contribution in [0, 0.1) is 11.3 Å². The number of nitrogens with zero attached hydrogens (tertiary/aromatic N) is 2. The number of carbonyl (C=O) groups excluding carboxylic acids is 2. The maximum absolute atomic E-state index is 13.0. The Bertz CT molecular complexity index is 1020. The van der Waals surface area contributed by atoms with Gasteiger partial charge >= 0.3 is 5.97 Å². The first kappa shape index (κ1) is 20.6. The Hall–Kier alpha value is -3.10. The van der Waals surface area contributed by atoms with Gasteiger partial charge in [-0.15, -0.1) is 0 Å². The molecule has 2 aromatic carbocycles. The van der Waals surface area contributed by atoms with E-state index in [1.807, 2.05) is 24.3 Å². The largest absolute Gasteiger partial charge is 0.463 e. The van der Waals surface area contributed by atoms with E-state index in [-0.39, 0.29) is 25.5 Å². The Morgan fingerprint density at radius 3 is 2.72 bits per heavy atom. The van der Waals surface area contributed by atoms with Gasteiger partial charge in [-0.3, -0.25) is 4.79 Å². The third-order valence-electron chi connectivity index (χ3n) is 5.00. The number of hydrogen-bond donors (Lipinski definition) is 0. The van der Waals surface area contributed by atoms with Crippen molar-refractivity contribution in [2.24, 2.45) is 0 Å². The topological polar surface area (TPSA) is 70.4 Å². The maximum atomic E-state index is 13.0. The molecule has 0 radical (unpaired) electrons. The van der Waals surface area contributed by atoms with E-state index >= 15 is 0 Å². The van der Waals surface area contributed by atoms with Gasteiger partial charge in [-0.1, -0.05) is 41.9 Å². The Labute approximate surface area is 175 Å². The lowest BCUT2D eigenvalue weighted by Crippen LogP contribution is -2.38. The molecule has 0 spiro atoms. The fourth-order valence-electron chi connectivity index (χ4n) is 3.62. The van der Waals surface area contributed by atoms with Crippen LogP contribution in [0.1, 0.15) is 42.9 Å². The number of hydrogen-bond acceptors (Lipinski definition) is 4. The van der Waals surface area contributed by atoms with Crippen LogP contribution < -0.4 is 0 Å². The number of rotatable bonds is 5. The minimum Gasteiger partial charge on any atom is -0.463 e. The summed E-state index contributed by atoms with van der Waals surface area (Å²) in [5.74, 6) is -1.02. The number of nitriles is 1. The normalized spacial score (nSPS) is 16.6. The zero-order valence-corrected chi connectivity index (χ0v) is 17.1. The smallest absolute Gasteiger partial charge is 0.336 e. The zero-order chi connectivity index (χ0) is 21.0. The van der Waals surface area contributed by atoms with Crippen LogP contribution >= 0.6 is 11.6 Å². The first-order chi connectivity index (χ1) is 14.0. The second kappa shape index (κ2) is 8.93. The third-order valence-corrected chi connectivity index (χ3v) is 5.34. The number of ether oxygens (including phenoxy) is 1. The van der Waals surface area contributed by atoms with E-state index in [9.17, 15) is 9.59 Å². The maximum Gasteiger partial charge on any atom is 0.336 e. The highest BCUT2D eigenvalue weighted by Gasteiger charge is 2.37. The zero-order valence-electron chi connectivity index (χ0n) is 16.3. The summed E-state index contributed by atoms with van der Waals surface area (Å²) in [6.45, 7) is 4.01. The van der Waals surface area contributed by atoms with Crippen LogP contribution in [0.25, 0.3) is 0 Å². The van der Waals surface area contributed by atoms with Crippen molar-refractivity contribution in [1.29, 1.82) is 5.26 Å². The minimum atomic E-state index is -0.461. The fourth-order valence-corrected chi connectivity index (χ4v) is 3.89. The molecule has 0 unspecified atom stereocenters. The number of amides is 1. The van der Waals surface area contributed by atoms with Crippen LogP contribution in [0.4, 0.5) is 0 Å². The van der Waals surface area contributed by atoms with Gasteiger partial charge in [0.1, 0.15) is 0 Å². The molecule has 5 nitrogen and oxygen atoms in total. The van der Waals surface area contributed by atoms with Crippen molar-refractivity contribution in [2.75, 3.05) is 6.61 Å². The van der Waals surface area contributed by atoms with Crippen molar-refractivity contribution in [3.8, 4) is 6.07 Å². The molecular weight excluding hydrogens is 388 g/mol. The van der Waals surface area contributed by atoms with Gasteiger partial charge in [-0.2, -0.15) is 5.26 Å². The molecule has 0 saturated carbocycles. The third kappa shape index (κ3) is 4.33. The van der Waals surface area contributed by atoms with Crippen LogP contribution in [-0.4, -0.2) is 23.4 Å². The molecule has 1 aliphatic heterocycles. The summed E-state index contributed by atoms with van der Waals surface area (Å²) in [5.41, 5.74) is 3.06. The Kier molecular flexibility index (Phi) is 6.36. The second-order valence-corrected chi connectivity index (χ2v) is 7.20. The predicted octanol–water partition coefficient (Wildman–Crippen LogP) is 4.56. The standard InChI is InChI=1S/C23H21ClN2O3/c1-3-29-23(28)22-15(2)26(14-17-8-6-7-16(11-17)13-25)21(27)12-19(22)18-9-4-5-10-20(18)24/h4-11,19H,3,12,14H2,1-2H3/t19-/m1/s1. The molecule has 0 aliphatic carbocycles. The van der Waals surface area contributed by atoms with Crippen molar-refractivity contribution in [1.82, 2.24) is 4.90 Å². The number of allylic oxidation sites excluding steroid dienone is 1. The van der Waals surface area contributed by atoms with Crippen molar-refractivity contribution < 1.29 is 14.3 Å². The van der Waals surface area contributed by atoms with E-state index in [1.54, 1.807) is 43.0 Å². The quantitative estimate of drug-likeness (QED) is 0.679. The molecule has 1 heterocycles. The first-order valence-corrected chi connectivity index (χ1v) is 9.75. The van der Waals surface area contributed by atoms with Crippen LogP contribution in [0.15, 0.2) is 59.8 Å². The average Bonchev–Trinajstić information content (AvgIpc) is 2.71. The van der Waals surface area contributed by atoms with Gasteiger partial charge in [0, 0.05) is 23.1 Å². The lowest BCUT2D eigenvalue weighted by Gasteiger charge is -2.34. The molecule has 2 aromatic rings. The van der Waals surface area contributed by atoms with Gasteiger partial charge in [0.25, 0.3) is 0 Å². The van der Waals surface area contributed by atoms with Gasteiger partial charge < -0.3 is 9.64 Å². The monoisotopic (exact) mass is 408 g/mol. The molecule has 148 valence electrons. The van der Waals surface area contributed by atoms with Crippen LogP contribution in [0.5, 0.6) is 0 Å².